The van der Waals surface area contributed by atoms with E-state index in [4.69, 9.17) is 5.90 Å². The van der Waals surface area contributed by atoms with Gasteiger partial charge in [0.15, 0.2) is 0 Å². The van der Waals surface area contributed by atoms with Gasteiger partial charge in [-0.05, 0) is 24.6 Å². The third kappa shape index (κ3) is 1.54. The first kappa shape index (κ1) is 8.96. The summed E-state index contributed by atoms with van der Waals surface area (Å²) in [5, 5.41) is 9.24. The van der Waals surface area contributed by atoms with Gasteiger partial charge < -0.3 is 5.11 Å². The summed E-state index contributed by atoms with van der Waals surface area (Å²) in [6, 6.07) is 2.47. The smallest absolute Gasteiger partial charge is 0.126 e. The third-order valence-corrected chi connectivity index (χ3v) is 1.74. The maximum absolute atomic E-state index is 12.9. The van der Waals surface area contributed by atoms with E-state index >= 15 is 0 Å². The summed E-state index contributed by atoms with van der Waals surface area (Å²) in [7, 11) is 0. The molecule has 0 spiro atoms. The van der Waals surface area contributed by atoms with Crippen molar-refractivity contribution in [2.24, 2.45) is 5.90 Å². The van der Waals surface area contributed by atoms with Gasteiger partial charge in [-0.3, -0.25) is 4.84 Å². The Hall–Kier alpha value is -1.13. The lowest BCUT2D eigenvalue weighted by Crippen LogP contribution is -2.02. The zero-order valence-corrected chi connectivity index (χ0v) is 6.67. The molecule has 0 radical (unpaired) electrons. The van der Waals surface area contributed by atoms with Crippen LogP contribution in [0.4, 0.5) is 4.39 Å². The van der Waals surface area contributed by atoms with E-state index in [1.54, 1.807) is 6.92 Å². The van der Waals surface area contributed by atoms with Crippen molar-refractivity contribution in [3.8, 4) is 5.75 Å². The highest BCUT2D eigenvalue weighted by Gasteiger charge is 2.08. The minimum absolute atomic E-state index is 0.000602. The molecule has 0 fully saturated rings. The Morgan fingerprint density at radius 1 is 1.58 bits per heavy atom. The van der Waals surface area contributed by atoms with Crippen LogP contribution in [0.5, 0.6) is 5.75 Å². The van der Waals surface area contributed by atoms with Crippen molar-refractivity contribution in [1.82, 2.24) is 0 Å². The monoisotopic (exact) mass is 171 g/mol. The number of halogens is 1. The van der Waals surface area contributed by atoms with Crippen molar-refractivity contribution in [2.45, 2.75) is 13.5 Å². The van der Waals surface area contributed by atoms with Crippen LogP contribution in [0.25, 0.3) is 0 Å². The van der Waals surface area contributed by atoms with E-state index in [0.29, 0.717) is 11.1 Å². The van der Waals surface area contributed by atoms with Crippen LogP contribution in [0.3, 0.4) is 0 Å². The third-order valence-electron chi connectivity index (χ3n) is 1.74. The molecule has 0 atom stereocenters. The van der Waals surface area contributed by atoms with E-state index in [9.17, 15) is 9.50 Å². The number of benzene rings is 1. The van der Waals surface area contributed by atoms with Crippen molar-refractivity contribution in [2.75, 3.05) is 0 Å². The molecule has 1 rings (SSSR count). The fourth-order valence-corrected chi connectivity index (χ4v) is 0.979. The molecule has 1 aromatic rings. The van der Waals surface area contributed by atoms with Crippen LogP contribution in [0, 0.1) is 12.7 Å². The molecule has 0 aliphatic carbocycles. The van der Waals surface area contributed by atoms with Gasteiger partial charge in [0, 0.05) is 5.56 Å². The second-order valence-electron chi connectivity index (χ2n) is 2.48. The fourth-order valence-electron chi connectivity index (χ4n) is 0.979. The van der Waals surface area contributed by atoms with Crippen LogP contribution in [0.15, 0.2) is 12.1 Å². The van der Waals surface area contributed by atoms with Crippen LogP contribution < -0.4 is 5.90 Å². The van der Waals surface area contributed by atoms with Crippen molar-refractivity contribution in [3.63, 3.8) is 0 Å². The summed E-state index contributed by atoms with van der Waals surface area (Å²) in [5.74, 6) is 4.44. The Morgan fingerprint density at radius 2 is 2.25 bits per heavy atom. The Bertz CT molecular complexity index is 289. The zero-order valence-electron chi connectivity index (χ0n) is 6.67. The van der Waals surface area contributed by atoms with Crippen molar-refractivity contribution < 1.29 is 14.3 Å². The Morgan fingerprint density at radius 3 is 2.83 bits per heavy atom. The highest BCUT2D eigenvalue weighted by atomic mass is 19.1. The van der Waals surface area contributed by atoms with Gasteiger partial charge in [-0.1, -0.05) is 0 Å². The van der Waals surface area contributed by atoms with Crippen LogP contribution >= 0.6 is 0 Å². The second kappa shape index (κ2) is 3.51. The summed E-state index contributed by atoms with van der Waals surface area (Å²) in [6.07, 6.45) is 0. The molecule has 0 heterocycles. The van der Waals surface area contributed by atoms with Gasteiger partial charge in [-0.2, -0.15) is 0 Å². The molecule has 0 aliphatic heterocycles. The molecule has 0 saturated heterocycles. The topological polar surface area (TPSA) is 55.5 Å². The van der Waals surface area contributed by atoms with E-state index in [2.05, 4.69) is 4.84 Å². The average Bonchev–Trinajstić information content (AvgIpc) is 2.06. The van der Waals surface area contributed by atoms with Gasteiger partial charge in [0.2, 0.25) is 0 Å². The highest BCUT2D eigenvalue weighted by Crippen LogP contribution is 2.23. The minimum atomic E-state index is -0.375. The Kier molecular flexibility index (Phi) is 2.62. The fraction of sp³-hybridized carbons (Fsp3) is 0.250. The summed E-state index contributed by atoms with van der Waals surface area (Å²) in [4.78, 5) is 4.32. The second-order valence-corrected chi connectivity index (χ2v) is 2.48. The minimum Gasteiger partial charge on any atom is -0.508 e. The number of rotatable bonds is 2. The van der Waals surface area contributed by atoms with Crippen LogP contribution in [-0.2, 0) is 11.4 Å². The summed E-state index contributed by atoms with van der Waals surface area (Å²) in [6.45, 7) is 1.57. The molecular formula is C8H10FNO2. The summed E-state index contributed by atoms with van der Waals surface area (Å²) < 4.78 is 12.9. The van der Waals surface area contributed by atoms with Crippen molar-refractivity contribution in [1.29, 1.82) is 0 Å². The lowest BCUT2D eigenvalue weighted by Gasteiger charge is -2.06. The van der Waals surface area contributed by atoms with Gasteiger partial charge in [0.05, 0.1) is 6.61 Å². The quantitative estimate of drug-likeness (QED) is 0.658. The average molecular weight is 171 g/mol. The van der Waals surface area contributed by atoms with E-state index in [1.165, 1.54) is 12.1 Å². The van der Waals surface area contributed by atoms with Gasteiger partial charge in [0.1, 0.15) is 11.6 Å². The number of phenolic OH excluding ortho intramolecular Hbond substituents is 1. The highest BCUT2D eigenvalue weighted by molar-refractivity contribution is 5.38. The van der Waals surface area contributed by atoms with Crippen LogP contribution in [0.1, 0.15) is 11.1 Å². The van der Waals surface area contributed by atoms with Crippen molar-refractivity contribution >= 4 is 0 Å². The van der Waals surface area contributed by atoms with Gasteiger partial charge in [0.25, 0.3) is 0 Å². The number of hydrogen-bond donors (Lipinski definition) is 2. The maximum Gasteiger partial charge on any atom is 0.126 e. The standard InChI is InChI=1S/C8H10FNO2/c1-5-6(4-12-10)8(11)3-2-7(5)9/h2-3,11H,4,10H2,1H3. The number of hydrogen-bond acceptors (Lipinski definition) is 3. The van der Waals surface area contributed by atoms with Crippen molar-refractivity contribution in [3.05, 3.63) is 29.1 Å². The number of aromatic hydroxyl groups is 1. The lowest BCUT2D eigenvalue weighted by atomic mass is 10.1. The van der Waals surface area contributed by atoms with E-state index in [1.807, 2.05) is 0 Å². The number of phenols is 1. The van der Waals surface area contributed by atoms with E-state index in [-0.39, 0.29) is 18.2 Å². The van der Waals surface area contributed by atoms with Gasteiger partial charge in [-0.25, -0.2) is 10.3 Å². The first-order valence-electron chi connectivity index (χ1n) is 3.45. The van der Waals surface area contributed by atoms with Crippen LogP contribution in [0.2, 0.25) is 0 Å². The molecule has 0 aliphatic rings. The summed E-state index contributed by atoms with van der Waals surface area (Å²) in [5.41, 5.74) is 0.748. The molecule has 3 N–H and O–H groups in total. The zero-order chi connectivity index (χ0) is 9.14. The predicted molar refractivity (Wildman–Crippen MR) is 41.8 cm³/mol. The molecule has 66 valence electrons. The Balaban J connectivity index is 3.14. The maximum atomic E-state index is 12.9. The van der Waals surface area contributed by atoms with Gasteiger partial charge in [-0.15, -0.1) is 0 Å². The van der Waals surface area contributed by atoms with Crippen LogP contribution in [-0.4, -0.2) is 5.11 Å². The van der Waals surface area contributed by atoms with Gasteiger partial charge >= 0.3 is 0 Å². The molecule has 0 aromatic heterocycles. The molecule has 4 heteroatoms. The molecular weight excluding hydrogens is 161 g/mol. The number of nitrogens with two attached hydrogens (primary N) is 1. The molecule has 0 amide bonds. The Labute approximate surface area is 69.5 Å². The molecule has 1 aromatic carbocycles. The van der Waals surface area contributed by atoms with E-state index < -0.39 is 0 Å². The largest absolute Gasteiger partial charge is 0.508 e. The molecule has 3 nitrogen and oxygen atoms in total. The predicted octanol–water partition coefficient (Wildman–Crippen LogP) is 1.23. The first-order valence-corrected chi connectivity index (χ1v) is 3.45. The lowest BCUT2D eigenvalue weighted by molar-refractivity contribution is 0.121. The SMILES string of the molecule is Cc1c(F)ccc(O)c1CON. The molecule has 0 unspecified atom stereocenters. The molecule has 0 saturated carbocycles. The molecule has 0 bridgehead atoms. The molecule has 12 heavy (non-hydrogen) atoms. The normalized spacial score (nSPS) is 10.2. The first-order chi connectivity index (χ1) is 5.66. The summed E-state index contributed by atoms with van der Waals surface area (Å²) >= 11 is 0. The van der Waals surface area contributed by atoms with E-state index in [0.717, 1.165) is 0 Å².